The summed E-state index contributed by atoms with van der Waals surface area (Å²) in [6.45, 7) is 4.81. The Kier molecular flexibility index (Phi) is 59.0. The molecule has 0 aliphatic carbocycles. The van der Waals surface area contributed by atoms with Crippen LogP contribution in [0.1, 0.15) is 361 Å². The van der Waals surface area contributed by atoms with Crippen molar-refractivity contribution in [2.75, 3.05) is 47.5 Å². The molecule has 77 heavy (non-hydrogen) atoms. The molecule has 0 radical (unpaired) electrons. The highest BCUT2D eigenvalue weighted by Crippen LogP contribution is 2.19. The van der Waals surface area contributed by atoms with Gasteiger partial charge in [0.05, 0.1) is 40.3 Å². The first-order valence-corrected chi connectivity index (χ1v) is 34.2. The molecule has 0 heterocycles. The molecule has 0 fully saturated rings. The van der Waals surface area contributed by atoms with Crippen LogP contribution in [0, 0.1) is 0 Å². The highest BCUT2D eigenvalue weighted by atomic mass is 16.7. The van der Waals surface area contributed by atoms with Crippen molar-refractivity contribution in [2.24, 2.45) is 0 Å². The number of unbranched alkanes of at least 4 members (excludes halogenated alkanes) is 50. The van der Waals surface area contributed by atoms with Gasteiger partial charge in [-0.15, -0.1) is 0 Å². The summed E-state index contributed by atoms with van der Waals surface area (Å²) in [6.07, 6.45) is 67.9. The molecular weight excluding hydrogens is 959 g/mol. The van der Waals surface area contributed by atoms with Crippen LogP contribution < -0.4 is 5.11 Å². The Morgan fingerprint density at radius 3 is 0.831 bits per heavy atom. The Hall–Kier alpha value is -1.71. The van der Waals surface area contributed by atoms with Crippen LogP contribution in [0.3, 0.4) is 0 Å². The highest BCUT2D eigenvalue weighted by molar-refractivity contribution is 5.70. The number of carbonyl (C=O) groups is 3. The number of esters is 2. The van der Waals surface area contributed by atoms with Crippen molar-refractivity contribution in [3.05, 3.63) is 0 Å². The Bertz CT molecular complexity index is 1220. The number of carbonyl (C=O) groups excluding carboxylic acids is 3. The lowest BCUT2D eigenvalue weighted by atomic mass is 10.0. The maximum absolute atomic E-state index is 12.9. The van der Waals surface area contributed by atoms with E-state index in [-0.39, 0.29) is 32.2 Å². The fraction of sp³-hybridized carbons (Fsp3) is 0.956. The quantitative estimate of drug-likeness (QED) is 0.0256. The number of aliphatic carboxylic acids is 1. The van der Waals surface area contributed by atoms with Crippen LogP contribution in [0.5, 0.6) is 0 Å². The summed E-state index contributed by atoms with van der Waals surface area (Å²) in [6, 6.07) is 0. The Morgan fingerprint density at radius 2 is 0.584 bits per heavy atom. The summed E-state index contributed by atoms with van der Waals surface area (Å²) in [5, 5.41) is 11.8. The maximum atomic E-state index is 12.9. The van der Waals surface area contributed by atoms with Gasteiger partial charge in [-0.25, -0.2) is 0 Å². The van der Waals surface area contributed by atoms with Crippen LogP contribution in [0.2, 0.25) is 0 Å². The minimum atomic E-state index is -1.61. The van der Waals surface area contributed by atoms with E-state index in [0.717, 1.165) is 38.5 Å². The number of carboxylic acids is 1. The van der Waals surface area contributed by atoms with E-state index in [2.05, 4.69) is 13.8 Å². The van der Waals surface area contributed by atoms with Gasteiger partial charge in [0.1, 0.15) is 13.2 Å². The molecule has 9 nitrogen and oxygen atoms in total. The number of hydrogen-bond donors (Lipinski definition) is 0. The van der Waals surface area contributed by atoms with Crippen LogP contribution in [-0.4, -0.2) is 82.3 Å². The molecule has 0 bridgehead atoms. The monoisotopic (exact) mass is 1090 g/mol. The summed E-state index contributed by atoms with van der Waals surface area (Å²) >= 11 is 0. The van der Waals surface area contributed by atoms with E-state index >= 15 is 0 Å². The second-order valence-corrected chi connectivity index (χ2v) is 24.8. The fourth-order valence-electron chi connectivity index (χ4n) is 10.6. The SMILES string of the molecule is CCCCCCCCCCCCCCCCCCCCCCCCCCCCCCCCCCCCCCCCCC(=O)OC(COC(=O)CCCCCCCCCCCCCCC)COC(OCC[N+](C)(C)C)C(=O)[O-]. The lowest BCUT2D eigenvalue weighted by molar-refractivity contribution is -0.870. The highest BCUT2D eigenvalue weighted by Gasteiger charge is 2.22. The number of carboxylic acid groups (broad SMARTS) is 1. The zero-order chi connectivity index (χ0) is 56.2. The number of ether oxygens (including phenoxy) is 4. The van der Waals surface area contributed by atoms with Gasteiger partial charge >= 0.3 is 11.9 Å². The first-order chi connectivity index (χ1) is 37.6. The third kappa shape index (κ3) is 61.8. The zero-order valence-corrected chi connectivity index (χ0v) is 52.4. The zero-order valence-electron chi connectivity index (χ0n) is 52.4. The third-order valence-electron chi connectivity index (χ3n) is 15.9. The standard InChI is InChI=1S/C68H133NO8/c1-6-8-10-12-14-16-18-20-21-22-23-24-25-26-27-28-29-30-31-32-33-34-35-36-37-38-39-40-41-42-43-44-45-47-49-51-53-55-57-59-66(71)77-64(63-76-68(67(72)73)74-61-60-69(3,4)5)62-75-65(70)58-56-54-52-50-48-46-19-17-15-13-11-9-7-2/h64,68H,6-63H2,1-5H3. The van der Waals surface area contributed by atoms with E-state index in [1.807, 2.05) is 21.1 Å². The molecule has 0 rings (SSSR count). The van der Waals surface area contributed by atoms with Gasteiger partial charge in [-0.2, -0.15) is 0 Å². The van der Waals surface area contributed by atoms with Gasteiger partial charge in [0.15, 0.2) is 12.4 Å². The topological polar surface area (TPSA) is 111 Å². The van der Waals surface area contributed by atoms with Gasteiger partial charge in [0.25, 0.3) is 0 Å². The number of quaternary nitrogens is 1. The van der Waals surface area contributed by atoms with Gasteiger partial charge in [-0.1, -0.05) is 335 Å². The Morgan fingerprint density at radius 1 is 0.338 bits per heavy atom. The van der Waals surface area contributed by atoms with Gasteiger partial charge in [0, 0.05) is 12.8 Å². The average Bonchev–Trinajstić information content (AvgIpc) is 3.40. The first kappa shape index (κ1) is 75.3. The van der Waals surface area contributed by atoms with Crippen molar-refractivity contribution in [1.29, 1.82) is 0 Å². The molecular formula is C68H133NO8. The fourth-order valence-corrected chi connectivity index (χ4v) is 10.6. The van der Waals surface area contributed by atoms with Crippen molar-refractivity contribution in [3.8, 4) is 0 Å². The predicted molar refractivity (Wildman–Crippen MR) is 325 cm³/mol. The van der Waals surface area contributed by atoms with E-state index < -0.39 is 24.3 Å². The lowest BCUT2D eigenvalue weighted by Crippen LogP contribution is -2.44. The molecule has 0 saturated carbocycles. The molecule has 0 aliphatic heterocycles. The van der Waals surface area contributed by atoms with Gasteiger partial charge in [-0.3, -0.25) is 9.59 Å². The summed E-state index contributed by atoms with van der Waals surface area (Å²) in [7, 11) is 5.94. The van der Waals surface area contributed by atoms with Crippen LogP contribution in [0.25, 0.3) is 0 Å². The first-order valence-electron chi connectivity index (χ1n) is 34.2. The largest absolute Gasteiger partial charge is 0.545 e. The maximum Gasteiger partial charge on any atom is 0.306 e. The normalized spacial score (nSPS) is 12.6. The second kappa shape index (κ2) is 60.4. The lowest BCUT2D eigenvalue weighted by Gasteiger charge is -2.26. The van der Waals surface area contributed by atoms with Gasteiger partial charge in [0.2, 0.25) is 0 Å². The van der Waals surface area contributed by atoms with Crippen LogP contribution >= 0.6 is 0 Å². The Labute approximate surface area is 479 Å². The van der Waals surface area contributed by atoms with Crippen LogP contribution in [-0.2, 0) is 33.3 Å². The van der Waals surface area contributed by atoms with Crippen LogP contribution in [0.4, 0.5) is 0 Å². The van der Waals surface area contributed by atoms with E-state index in [0.29, 0.717) is 17.4 Å². The molecule has 0 amide bonds. The van der Waals surface area contributed by atoms with E-state index in [1.165, 1.54) is 295 Å². The molecule has 2 atom stereocenters. The molecule has 2 unspecified atom stereocenters. The van der Waals surface area contributed by atoms with Gasteiger partial charge in [-0.05, 0) is 12.8 Å². The summed E-state index contributed by atoms with van der Waals surface area (Å²) < 4.78 is 22.7. The minimum Gasteiger partial charge on any atom is -0.545 e. The summed E-state index contributed by atoms with van der Waals surface area (Å²) in [5.74, 6) is -2.25. The molecule has 0 aromatic rings. The molecule has 0 spiro atoms. The van der Waals surface area contributed by atoms with Crippen molar-refractivity contribution < 1.29 is 42.9 Å². The molecule has 0 aliphatic rings. The second-order valence-electron chi connectivity index (χ2n) is 24.8. The van der Waals surface area contributed by atoms with E-state index in [4.69, 9.17) is 18.9 Å². The van der Waals surface area contributed by atoms with E-state index in [9.17, 15) is 19.5 Å². The molecule has 0 saturated heterocycles. The van der Waals surface area contributed by atoms with Crippen molar-refractivity contribution in [2.45, 2.75) is 373 Å². The number of likely N-dealkylation sites (N-methyl/N-ethyl adjacent to an activating group) is 1. The smallest absolute Gasteiger partial charge is 0.306 e. The molecule has 0 aromatic carbocycles. The molecule has 458 valence electrons. The van der Waals surface area contributed by atoms with E-state index in [1.54, 1.807) is 0 Å². The number of hydrogen-bond acceptors (Lipinski definition) is 8. The van der Waals surface area contributed by atoms with Crippen molar-refractivity contribution >= 4 is 17.9 Å². The van der Waals surface area contributed by atoms with Crippen molar-refractivity contribution in [1.82, 2.24) is 0 Å². The summed E-state index contributed by atoms with van der Waals surface area (Å²) in [5.41, 5.74) is 0. The predicted octanol–water partition coefficient (Wildman–Crippen LogP) is 19.4. The van der Waals surface area contributed by atoms with Crippen LogP contribution in [0.15, 0.2) is 0 Å². The van der Waals surface area contributed by atoms with Crippen molar-refractivity contribution in [3.63, 3.8) is 0 Å². The Balaban J connectivity index is 3.86. The third-order valence-corrected chi connectivity index (χ3v) is 15.9. The summed E-state index contributed by atoms with van der Waals surface area (Å²) in [4.78, 5) is 37.3. The molecule has 0 N–H and O–H groups in total. The molecule has 0 aromatic heterocycles. The molecule has 9 heteroatoms. The number of nitrogens with zero attached hydrogens (tertiary/aromatic N) is 1. The number of rotatable bonds is 65. The van der Waals surface area contributed by atoms with Gasteiger partial charge < -0.3 is 33.3 Å². The minimum absolute atomic E-state index is 0.153. The average molecular weight is 1090 g/mol.